The quantitative estimate of drug-likeness (QED) is 0.691. The summed E-state index contributed by atoms with van der Waals surface area (Å²) in [7, 11) is 0. The van der Waals surface area contributed by atoms with Gasteiger partial charge in [-0.15, -0.1) is 0 Å². The van der Waals surface area contributed by atoms with Crippen LogP contribution in [0, 0.1) is 6.92 Å². The molecule has 0 saturated carbocycles. The minimum atomic E-state index is -1.21. The van der Waals surface area contributed by atoms with Crippen LogP contribution in [0.5, 0.6) is 5.75 Å². The van der Waals surface area contributed by atoms with Gasteiger partial charge in [0.15, 0.2) is 5.69 Å². The normalized spacial score (nSPS) is 10.5. The molecule has 114 valence electrons. The molecule has 5 nitrogen and oxygen atoms in total. The molecule has 0 radical (unpaired) electrons. The molecule has 2 aromatic rings. The monoisotopic (exact) mass is 299 g/mol. The summed E-state index contributed by atoms with van der Waals surface area (Å²) in [4.78, 5) is 27.3. The van der Waals surface area contributed by atoms with Gasteiger partial charge >= 0.3 is 11.9 Å². The van der Waals surface area contributed by atoms with Gasteiger partial charge in [-0.25, -0.2) is 14.6 Å². The van der Waals surface area contributed by atoms with Crippen molar-refractivity contribution < 1.29 is 19.4 Å². The van der Waals surface area contributed by atoms with Crippen molar-refractivity contribution >= 4 is 11.9 Å². The molecule has 0 saturated heterocycles. The molecule has 0 aliphatic carbocycles. The number of esters is 1. The Morgan fingerprint density at radius 1 is 1.23 bits per heavy atom. The molecule has 0 atom stereocenters. The highest BCUT2D eigenvalue weighted by Gasteiger charge is 2.21. The van der Waals surface area contributed by atoms with E-state index in [2.05, 4.69) is 4.98 Å². The summed E-state index contributed by atoms with van der Waals surface area (Å²) < 4.78 is 5.40. The number of aromatic nitrogens is 1. The number of pyridine rings is 1. The largest absolute Gasteiger partial charge is 0.478 e. The molecule has 1 aromatic heterocycles. The van der Waals surface area contributed by atoms with Crippen molar-refractivity contribution in [3.8, 4) is 5.75 Å². The first-order valence-electron chi connectivity index (χ1n) is 6.91. The Bertz CT molecular complexity index is 722. The van der Waals surface area contributed by atoms with Crippen LogP contribution in [0.15, 0.2) is 36.5 Å². The number of aryl methyl sites for hydroxylation is 1. The number of ether oxygens (including phenoxy) is 1. The van der Waals surface area contributed by atoms with Crippen molar-refractivity contribution in [1.29, 1.82) is 0 Å². The number of hydrogen-bond acceptors (Lipinski definition) is 4. The highest BCUT2D eigenvalue weighted by molar-refractivity contribution is 6.01. The van der Waals surface area contributed by atoms with Crippen molar-refractivity contribution in [2.45, 2.75) is 26.7 Å². The fraction of sp³-hybridized carbons (Fsp3) is 0.235. The molecule has 22 heavy (non-hydrogen) atoms. The third kappa shape index (κ3) is 3.31. The molecule has 1 aromatic carbocycles. The van der Waals surface area contributed by atoms with Gasteiger partial charge in [0.25, 0.3) is 0 Å². The summed E-state index contributed by atoms with van der Waals surface area (Å²) in [5, 5.41) is 9.12. The van der Waals surface area contributed by atoms with Crippen LogP contribution in [0.3, 0.4) is 0 Å². The lowest BCUT2D eigenvalue weighted by Gasteiger charge is -2.13. The highest BCUT2D eigenvalue weighted by Crippen LogP contribution is 2.28. The van der Waals surface area contributed by atoms with Gasteiger partial charge in [0, 0.05) is 6.20 Å². The Morgan fingerprint density at radius 2 is 1.95 bits per heavy atom. The van der Waals surface area contributed by atoms with Crippen LogP contribution in [-0.2, 0) is 0 Å². The Morgan fingerprint density at radius 3 is 2.59 bits per heavy atom. The van der Waals surface area contributed by atoms with E-state index in [1.54, 1.807) is 6.07 Å². The molecule has 0 aliphatic heterocycles. The van der Waals surface area contributed by atoms with E-state index >= 15 is 0 Å². The number of carbonyl (C=O) groups is 2. The molecule has 0 aliphatic rings. The molecule has 1 heterocycles. The number of carboxylic acid groups (broad SMARTS) is 1. The number of carboxylic acids is 1. The first-order valence-corrected chi connectivity index (χ1v) is 6.91. The average Bonchev–Trinajstić information content (AvgIpc) is 2.46. The Kier molecular flexibility index (Phi) is 4.56. The van der Waals surface area contributed by atoms with Gasteiger partial charge in [0.1, 0.15) is 5.75 Å². The van der Waals surface area contributed by atoms with Crippen LogP contribution in [0.4, 0.5) is 0 Å². The molecule has 0 fully saturated rings. The molecular formula is C17H17NO4. The van der Waals surface area contributed by atoms with Gasteiger partial charge in [-0.2, -0.15) is 0 Å². The van der Waals surface area contributed by atoms with Gasteiger partial charge in [0.2, 0.25) is 0 Å². The van der Waals surface area contributed by atoms with Gasteiger partial charge in [-0.1, -0.05) is 26.0 Å². The van der Waals surface area contributed by atoms with Crippen molar-refractivity contribution in [2.75, 3.05) is 0 Å². The lowest BCUT2D eigenvalue weighted by atomic mass is 10.0. The zero-order valence-electron chi connectivity index (χ0n) is 12.7. The minimum Gasteiger partial charge on any atom is -0.478 e. The predicted octanol–water partition coefficient (Wildman–Crippen LogP) is 3.43. The number of carbonyl (C=O) groups excluding carboxylic acids is 1. The molecular weight excluding hydrogens is 282 g/mol. The molecule has 0 amide bonds. The average molecular weight is 299 g/mol. The second-order valence-electron chi connectivity index (χ2n) is 5.29. The van der Waals surface area contributed by atoms with Gasteiger partial charge < -0.3 is 9.84 Å². The number of rotatable bonds is 4. The van der Waals surface area contributed by atoms with Crippen LogP contribution < -0.4 is 4.74 Å². The van der Waals surface area contributed by atoms with E-state index < -0.39 is 11.9 Å². The fourth-order valence-corrected chi connectivity index (χ4v) is 2.10. The molecule has 5 heteroatoms. The molecule has 0 bridgehead atoms. The summed E-state index contributed by atoms with van der Waals surface area (Å²) >= 11 is 0. The predicted molar refractivity (Wildman–Crippen MR) is 81.4 cm³/mol. The fourth-order valence-electron chi connectivity index (χ4n) is 2.10. The zero-order valence-corrected chi connectivity index (χ0v) is 12.7. The molecule has 0 spiro atoms. The third-order valence-electron chi connectivity index (χ3n) is 3.23. The topological polar surface area (TPSA) is 76.5 Å². The lowest BCUT2D eigenvalue weighted by Crippen LogP contribution is -2.17. The van der Waals surface area contributed by atoms with Crippen LogP contribution in [0.2, 0.25) is 0 Å². The van der Waals surface area contributed by atoms with Crippen LogP contribution in [0.1, 0.15) is 51.7 Å². The summed E-state index contributed by atoms with van der Waals surface area (Å²) in [6.45, 7) is 5.88. The highest BCUT2D eigenvalue weighted by atomic mass is 16.5. The molecule has 0 unspecified atom stereocenters. The number of aromatic carboxylic acids is 1. The van der Waals surface area contributed by atoms with Gasteiger partial charge in [0.05, 0.1) is 5.56 Å². The maximum absolute atomic E-state index is 12.3. The molecule has 1 N–H and O–H groups in total. The van der Waals surface area contributed by atoms with Gasteiger partial charge in [-0.3, -0.25) is 0 Å². The standard InChI is InChI=1S/C17H17NO4/c1-10(2)12-7-6-11(3)9-14(12)22-17(21)15-13(16(19)20)5-4-8-18-15/h4-10H,1-3H3,(H,19,20). The van der Waals surface area contributed by atoms with Gasteiger partial charge in [-0.05, 0) is 42.2 Å². The van der Waals surface area contributed by atoms with E-state index in [1.165, 1.54) is 18.3 Å². The summed E-state index contributed by atoms with van der Waals surface area (Å²) in [5.41, 5.74) is 1.45. The van der Waals surface area contributed by atoms with Crippen molar-refractivity contribution in [2.24, 2.45) is 0 Å². The third-order valence-corrected chi connectivity index (χ3v) is 3.23. The van der Waals surface area contributed by atoms with E-state index in [1.807, 2.05) is 32.9 Å². The lowest BCUT2D eigenvalue weighted by molar-refractivity contribution is 0.0663. The maximum atomic E-state index is 12.3. The van der Waals surface area contributed by atoms with Crippen molar-refractivity contribution in [3.63, 3.8) is 0 Å². The summed E-state index contributed by atoms with van der Waals surface area (Å²) in [6.07, 6.45) is 1.36. The van der Waals surface area contributed by atoms with Crippen molar-refractivity contribution in [1.82, 2.24) is 4.98 Å². The first-order chi connectivity index (χ1) is 10.4. The smallest absolute Gasteiger partial charge is 0.363 e. The Labute approximate surface area is 128 Å². The van der Waals surface area contributed by atoms with E-state index in [0.29, 0.717) is 5.75 Å². The number of hydrogen-bond donors (Lipinski definition) is 1. The first kappa shape index (κ1) is 15.7. The second kappa shape index (κ2) is 6.39. The Hall–Kier alpha value is -2.69. The minimum absolute atomic E-state index is 0.172. The summed E-state index contributed by atoms with van der Waals surface area (Å²) in [6, 6.07) is 8.39. The summed E-state index contributed by atoms with van der Waals surface area (Å²) in [5.74, 6) is -1.38. The Balaban J connectivity index is 2.38. The van der Waals surface area contributed by atoms with Crippen LogP contribution in [-0.4, -0.2) is 22.0 Å². The van der Waals surface area contributed by atoms with E-state index in [9.17, 15) is 9.59 Å². The van der Waals surface area contributed by atoms with E-state index in [4.69, 9.17) is 9.84 Å². The van der Waals surface area contributed by atoms with E-state index in [-0.39, 0.29) is 17.2 Å². The van der Waals surface area contributed by atoms with E-state index in [0.717, 1.165) is 11.1 Å². The van der Waals surface area contributed by atoms with Crippen LogP contribution >= 0.6 is 0 Å². The number of nitrogens with zero attached hydrogens (tertiary/aromatic N) is 1. The number of benzene rings is 1. The zero-order chi connectivity index (χ0) is 16.3. The van der Waals surface area contributed by atoms with Crippen molar-refractivity contribution in [3.05, 3.63) is 58.9 Å². The van der Waals surface area contributed by atoms with Crippen LogP contribution in [0.25, 0.3) is 0 Å². The second-order valence-corrected chi connectivity index (χ2v) is 5.29. The SMILES string of the molecule is Cc1ccc(C(C)C)c(OC(=O)c2ncccc2C(=O)O)c1. The molecule has 2 rings (SSSR count). The maximum Gasteiger partial charge on any atom is 0.363 e.